The fraction of sp³-hybridized carbons (Fsp3) is 0.368. The topological polar surface area (TPSA) is 45.2 Å². The van der Waals surface area contributed by atoms with E-state index in [9.17, 15) is 4.79 Å². The molecule has 1 fully saturated rings. The molecule has 1 aromatic heterocycles. The van der Waals surface area contributed by atoms with Gasteiger partial charge in [-0.3, -0.25) is 4.79 Å². The second-order valence-corrected chi connectivity index (χ2v) is 7.35. The smallest absolute Gasteiger partial charge is 0.228 e. The molecule has 126 valence electrons. The highest BCUT2D eigenvalue weighted by atomic mass is 79.9. The summed E-state index contributed by atoms with van der Waals surface area (Å²) in [6.45, 7) is 4.42. The third kappa shape index (κ3) is 4.57. The van der Waals surface area contributed by atoms with E-state index < -0.39 is 0 Å². The Morgan fingerprint density at radius 2 is 2.08 bits per heavy atom. The van der Waals surface area contributed by atoms with Crippen LogP contribution in [0.2, 0.25) is 0 Å². The second-order valence-electron chi connectivity index (χ2n) is 6.43. The summed E-state index contributed by atoms with van der Waals surface area (Å²) in [6.07, 6.45) is 4.52. The van der Waals surface area contributed by atoms with Gasteiger partial charge in [0, 0.05) is 17.6 Å². The van der Waals surface area contributed by atoms with Crippen molar-refractivity contribution < 1.29 is 4.79 Å². The van der Waals surface area contributed by atoms with Crippen LogP contribution in [0.1, 0.15) is 25.3 Å². The fourth-order valence-electron chi connectivity index (χ4n) is 2.92. The van der Waals surface area contributed by atoms with Crippen molar-refractivity contribution >= 4 is 33.3 Å². The van der Waals surface area contributed by atoms with E-state index in [1.54, 1.807) is 6.20 Å². The predicted octanol–water partition coefficient (Wildman–Crippen LogP) is 4.26. The highest BCUT2D eigenvalue weighted by molar-refractivity contribution is 9.10. The van der Waals surface area contributed by atoms with Gasteiger partial charge in [-0.2, -0.15) is 0 Å². The Labute approximate surface area is 151 Å². The van der Waals surface area contributed by atoms with Crippen molar-refractivity contribution in [1.29, 1.82) is 0 Å². The molecule has 1 aromatic carbocycles. The standard InChI is InChI=1S/C19H22BrN3O/c1-14-7-9-23(10-8-14)18-6-5-17(13-21-18)22-19(24)12-15-3-2-4-16(20)11-15/h2-6,11,13-14H,7-10,12H2,1H3,(H,22,24). The van der Waals surface area contributed by atoms with Gasteiger partial charge in [0.05, 0.1) is 18.3 Å². The van der Waals surface area contributed by atoms with Crippen molar-refractivity contribution in [3.8, 4) is 0 Å². The van der Waals surface area contributed by atoms with Gasteiger partial charge in [0.15, 0.2) is 0 Å². The molecule has 1 aliphatic heterocycles. The number of hydrogen-bond donors (Lipinski definition) is 1. The number of aromatic nitrogens is 1. The summed E-state index contributed by atoms with van der Waals surface area (Å²) in [5, 5.41) is 2.91. The van der Waals surface area contributed by atoms with Gasteiger partial charge < -0.3 is 10.2 Å². The number of amides is 1. The van der Waals surface area contributed by atoms with E-state index in [0.717, 1.165) is 40.5 Å². The third-order valence-corrected chi connectivity index (χ3v) is 4.89. The maximum Gasteiger partial charge on any atom is 0.228 e. The van der Waals surface area contributed by atoms with Crippen LogP contribution in [-0.4, -0.2) is 24.0 Å². The Balaban J connectivity index is 1.56. The predicted molar refractivity (Wildman–Crippen MR) is 101 cm³/mol. The van der Waals surface area contributed by atoms with Crippen molar-refractivity contribution in [3.63, 3.8) is 0 Å². The van der Waals surface area contributed by atoms with Gasteiger partial charge in [0.25, 0.3) is 0 Å². The molecule has 2 heterocycles. The van der Waals surface area contributed by atoms with Gasteiger partial charge in [0.1, 0.15) is 5.82 Å². The summed E-state index contributed by atoms with van der Waals surface area (Å²) in [7, 11) is 0. The minimum absolute atomic E-state index is 0.0329. The molecule has 0 radical (unpaired) electrons. The van der Waals surface area contributed by atoms with Crippen molar-refractivity contribution in [2.75, 3.05) is 23.3 Å². The Hall–Kier alpha value is -1.88. The highest BCUT2D eigenvalue weighted by Gasteiger charge is 2.16. The average molecular weight is 388 g/mol. The number of rotatable bonds is 4. The average Bonchev–Trinajstić information content (AvgIpc) is 2.56. The number of nitrogens with zero attached hydrogens (tertiary/aromatic N) is 2. The number of pyridine rings is 1. The van der Waals surface area contributed by atoms with Crippen LogP contribution in [0.4, 0.5) is 11.5 Å². The summed E-state index contributed by atoms with van der Waals surface area (Å²) in [5.74, 6) is 1.76. The molecule has 4 nitrogen and oxygen atoms in total. The van der Waals surface area contributed by atoms with E-state index in [2.05, 4.69) is 38.1 Å². The number of nitrogens with one attached hydrogen (secondary N) is 1. The SMILES string of the molecule is CC1CCN(c2ccc(NC(=O)Cc3cccc(Br)c3)cn2)CC1. The first-order chi connectivity index (χ1) is 11.6. The van der Waals surface area contributed by atoms with Crippen molar-refractivity contribution in [3.05, 3.63) is 52.6 Å². The lowest BCUT2D eigenvalue weighted by molar-refractivity contribution is -0.115. The molecule has 1 saturated heterocycles. The summed E-state index contributed by atoms with van der Waals surface area (Å²) < 4.78 is 0.981. The molecule has 1 N–H and O–H groups in total. The van der Waals surface area contributed by atoms with Crippen LogP contribution in [0.15, 0.2) is 47.1 Å². The molecule has 3 rings (SSSR count). The van der Waals surface area contributed by atoms with E-state index in [1.165, 1.54) is 12.8 Å². The van der Waals surface area contributed by atoms with Crippen molar-refractivity contribution in [2.45, 2.75) is 26.2 Å². The molecule has 0 atom stereocenters. The summed E-state index contributed by atoms with van der Waals surface area (Å²) >= 11 is 3.42. The first-order valence-electron chi connectivity index (χ1n) is 8.35. The second kappa shape index (κ2) is 7.79. The Bertz CT molecular complexity index is 694. The van der Waals surface area contributed by atoms with E-state index in [4.69, 9.17) is 0 Å². The number of benzene rings is 1. The van der Waals surface area contributed by atoms with Gasteiger partial charge in [-0.15, -0.1) is 0 Å². The number of carbonyl (C=O) groups is 1. The van der Waals surface area contributed by atoms with Crippen LogP contribution in [0.3, 0.4) is 0 Å². The fourth-order valence-corrected chi connectivity index (χ4v) is 3.37. The minimum Gasteiger partial charge on any atom is -0.357 e. The lowest BCUT2D eigenvalue weighted by Gasteiger charge is -2.31. The minimum atomic E-state index is -0.0329. The van der Waals surface area contributed by atoms with Crippen LogP contribution in [0.5, 0.6) is 0 Å². The van der Waals surface area contributed by atoms with E-state index in [1.807, 2.05) is 36.4 Å². The molecule has 0 unspecified atom stereocenters. The molecule has 0 aliphatic carbocycles. The van der Waals surface area contributed by atoms with E-state index >= 15 is 0 Å². The molecule has 1 amide bonds. The first-order valence-corrected chi connectivity index (χ1v) is 9.15. The molecule has 0 spiro atoms. The van der Waals surface area contributed by atoms with E-state index in [-0.39, 0.29) is 5.91 Å². The number of piperidine rings is 1. The van der Waals surface area contributed by atoms with Gasteiger partial charge in [0.2, 0.25) is 5.91 Å². The quantitative estimate of drug-likeness (QED) is 0.851. The molecule has 5 heteroatoms. The zero-order valence-electron chi connectivity index (χ0n) is 13.8. The van der Waals surface area contributed by atoms with E-state index in [0.29, 0.717) is 6.42 Å². The summed E-state index contributed by atoms with van der Waals surface area (Å²) in [6, 6.07) is 11.7. The van der Waals surface area contributed by atoms with Gasteiger partial charge >= 0.3 is 0 Å². The van der Waals surface area contributed by atoms with Crippen LogP contribution in [0.25, 0.3) is 0 Å². The molecule has 1 aliphatic rings. The molecular weight excluding hydrogens is 366 g/mol. The number of hydrogen-bond acceptors (Lipinski definition) is 3. The Morgan fingerprint density at radius 1 is 1.29 bits per heavy atom. The largest absolute Gasteiger partial charge is 0.357 e. The van der Waals surface area contributed by atoms with Crippen molar-refractivity contribution in [2.24, 2.45) is 5.92 Å². The monoisotopic (exact) mass is 387 g/mol. The molecular formula is C19H22BrN3O. The van der Waals surface area contributed by atoms with Crippen molar-refractivity contribution in [1.82, 2.24) is 4.98 Å². The Kier molecular flexibility index (Phi) is 5.51. The van der Waals surface area contributed by atoms with Gasteiger partial charge in [-0.05, 0) is 48.6 Å². The number of anilines is 2. The maximum absolute atomic E-state index is 12.2. The molecule has 0 bridgehead atoms. The van der Waals surface area contributed by atoms with Crippen LogP contribution < -0.4 is 10.2 Å². The zero-order chi connectivity index (χ0) is 16.9. The van der Waals surface area contributed by atoms with Crippen LogP contribution in [-0.2, 0) is 11.2 Å². The lowest BCUT2D eigenvalue weighted by Crippen LogP contribution is -2.33. The highest BCUT2D eigenvalue weighted by Crippen LogP contribution is 2.22. The molecule has 0 saturated carbocycles. The van der Waals surface area contributed by atoms with Gasteiger partial charge in [-0.25, -0.2) is 4.98 Å². The Morgan fingerprint density at radius 3 is 2.75 bits per heavy atom. The third-order valence-electron chi connectivity index (χ3n) is 4.39. The normalized spacial score (nSPS) is 15.3. The molecule has 24 heavy (non-hydrogen) atoms. The molecule has 2 aromatic rings. The lowest BCUT2D eigenvalue weighted by atomic mass is 9.99. The van der Waals surface area contributed by atoms with Gasteiger partial charge in [-0.1, -0.05) is 35.0 Å². The van der Waals surface area contributed by atoms with Crippen LogP contribution >= 0.6 is 15.9 Å². The summed E-state index contributed by atoms with van der Waals surface area (Å²) in [5.41, 5.74) is 1.72. The number of carbonyl (C=O) groups excluding carboxylic acids is 1. The zero-order valence-corrected chi connectivity index (χ0v) is 15.4. The number of halogens is 1. The summed E-state index contributed by atoms with van der Waals surface area (Å²) in [4.78, 5) is 19.0. The van der Waals surface area contributed by atoms with Crippen LogP contribution in [0, 0.1) is 5.92 Å². The maximum atomic E-state index is 12.2. The first kappa shape index (κ1) is 17.0.